The molecule has 3 rings (SSSR count). The van der Waals surface area contributed by atoms with E-state index in [9.17, 15) is 0 Å². The quantitative estimate of drug-likeness (QED) is 0.366. The molecule has 0 aliphatic carbocycles. The maximum atomic E-state index is 5.17. The second kappa shape index (κ2) is 9.72. The van der Waals surface area contributed by atoms with Crippen molar-refractivity contribution in [3.63, 3.8) is 0 Å². The summed E-state index contributed by atoms with van der Waals surface area (Å²) >= 11 is 0. The molecule has 27 heavy (non-hydrogen) atoms. The molecular weight excluding hydrogens is 328 g/mol. The lowest BCUT2D eigenvalue weighted by molar-refractivity contribution is 0.895. The Balaban J connectivity index is 2.10. The molecule has 2 nitrogen and oxygen atoms in total. The molecule has 138 valence electrons. The smallest absolute Gasteiger partial charge is 0.138 e. The van der Waals surface area contributed by atoms with Gasteiger partial charge in [-0.05, 0) is 36.1 Å². The van der Waals surface area contributed by atoms with Gasteiger partial charge in [-0.15, -0.1) is 0 Å². The Bertz CT molecular complexity index is 843. The Labute approximate surface area is 163 Å². The highest BCUT2D eigenvalue weighted by Gasteiger charge is 2.10. The molecule has 0 atom stereocenters. The first kappa shape index (κ1) is 18.9. The summed E-state index contributed by atoms with van der Waals surface area (Å²) in [6, 6.07) is 27.2. The normalized spacial score (nSPS) is 11.4. The van der Waals surface area contributed by atoms with E-state index in [0.717, 1.165) is 48.5 Å². The molecule has 0 aliphatic heterocycles. The lowest BCUT2D eigenvalue weighted by Gasteiger charge is -2.15. The zero-order valence-electron chi connectivity index (χ0n) is 16.3. The fourth-order valence-corrected chi connectivity index (χ4v) is 3.26. The minimum absolute atomic E-state index is 0.891. The average molecular weight is 357 g/mol. The number of nitrogens with zero attached hydrogens (tertiary/aromatic N) is 1. The maximum absolute atomic E-state index is 5.17. The number of benzene rings is 3. The van der Waals surface area contributed by atoms with Crippen LogP contribution in [0.15, 0.2) is 83.9 Å². The number of rotatable bonds is 7. The second-order valence-corrected chi connectivity index (χ2v) is 6.74. The molecule has 0 aliphatic rings. The number of anilines is 1. The van der Waals surface area contributed by atoms with Crippen molar-refractivity contribution in [2.45, 2.75) is 39.5 Å². The molecule has 0 heterocycles. The number of nitrogens with one attached hydrogen (secondary N) is 1. The van der Waals surface area contributed by atoms with Crippen molar-refractivity contribution >= 4 is 17.2 Å². The van der Waals surface area contributed by atoms with Gasteiger partial charge in [-0.2, -0.15) is 0 Å². The minimum Gasteiger partial charge on any atom is -0.340 e. The van der Waals surface area contributed by atoms with E-state index >= 15 is 0 Å². The molecule has 0 saturated carbocycles. The van der Waals surface area contributed by atoms with E-state index in [-0.39, 0.29) is 0 Å². The zero-order chi connectivity index (χ0) is 18.9. The average Bonchev–Trinajstić information content (AvgIpc) is 2.71. The van der Waals surface area contributed by atoms with Gasteiger partial charge in [0, 0.05) is 11.3 Å². The zero-order valence-corrected chi connectivity index (χ0v) is 16.3. The van der Waals surface area contributed by atoms with Gasteiger partial charge < -0.3 is 5.32 Å². The summed E-state index contributed by atoms with van der Waals surface area (Å²) in [4.78, 5) is 5.17. The molecule has 0 fully saturated rings. The predicted octanol–water partition coefficient (Wildman–Crippen LogP) is 6.78. The number of hydrogen-bond acceptors (Lipinski definition) is 1. The number of amidine groups is 1. The van der Waals surface area contributed by atoms with E-state index in [0.29, 0.717) is 0 Å². The number of aryl methyl sites for hydroxylation is 2. The van der Waals surface area contributed by atoms with E-state index < -0.39 is 0 Å². The Morgan fingerprint density at radius 1 is 0.704 bits per heavy atom. The van der Waals surface area contributed by atoms with Crippen LogP contribution in [0.2, 0.25) is 0 Å². The van der Waals surface area contributed by atoms with Gasteiger partial charge in [0.1, 0.15) is 5.84 Å². The topological polar surface area (TPSA) is 24.4 Å². The molecule has 0 bridgehead atoms. The van der Waals surface area contributed by atoms with Crippen molar-refractivity contribution < 1.29 is 0 Å². The molecule has 0 amide bonds. The highest BCUT2D eigenvalue weighted by Crippen LogP contribution is 2.28. The van der Waals surface area contributed by atoms with Crippen LogP contribution in [0.25, 0.3) is 0 Å². The van der Waals surface area contributed by atoms with Crippen molar-refractivity contribution in [1.29, 1.82) is 0 Å². The van der Waals surface area contributed by atoms with Crippen molar-refractivity contribution in [3.05, 3.63) is 95.6 Å². The summed E-state index contributed by atoms with van der Waals surface area (Å²) < 4.78 is 0. The lowest BCUT2D eigenvalue weighted by atomic mass is 10.0. The molecule has 3 aromatic carbocycles. The summed E-state index contributed by atoms with van der Waals surface area (Å²) in [6.07, 6.45) is 4.32. The maximum Gasteiger partial charge on any atom is 0.138 e. The van der Waals surface area contributed by atoms with E-state index in [1.165, 1.54) is 11.1 Å². The molecule has 2 heteroatoms. The lowest BCUT2D eigenvalue weighted by Crippen LogP contribution is -2.13. The van der Waals surface area contributed by atoms with Gasteiger partial charge in [0.15, 0.2) is 0 Å². The van der Waals surface area contributed by atoms with Gasteiger partial charge in [0.2, 0.25) is 0 Å². The van der Waals surface area contributed by atoms with Crippen molar-refractivity contribution in [3.8, 4) is 0 Å². The van der Waals surface area contributed by atoms with Gasteiger partial charge in [0.25, 0.3) is 0 Å². The third-order valence-corrected chi connectivity index (χ3v) is 4.55. The van der Waals surface area contributed by atoms with Crippen LogP contribution < -0.4 is 5.32 Å². The molecule has 0 saturated heterocycles. The van der Waals surface area contributed by atoms with Crippen molar-refractivity contribution in [1.82, 2.24) is 0 Å². The number of aliphatic imine (C=N–C) groups is 1. The molecule has 1 N–H and O–H groups in total. The third kappa shape index (κ3) is 5.07. The van der Waals surface area contributed by atoms with Crippen LogP contribution >= 0.6 is 0 Å². The predicted molar refractivity (Wildman–Crippen MR) is 117 cm³/mol. The van der Waals surface area contributed by atoms with Crippen LogP contribution in [0.5, 0.6) is 0 Å². The number of para-hydroxylation sites is 2. The monoisotopic (exact) mass is 356 g/mol. The summed E-state index contributed by atoms with van der Waals surface area (Å²) in [6.45, 7) is 4.45. The summed E-state index contributed by atoms with van der Waals surface area (Å²) in [5.41, 5.74) is 5.92. The van der Waals surface area contributed by atoms with Crippen LogP contribution in [0, 0.1) is 0 Å². The molecule has 0 aromatic heterocycles. The van der Waals surface area contributed by atoms with E-state index in [4.69, 9.17) is 4.99 Å². The first-order valence-electron chi connectivity index (χ1n) is 9.88. The molecule has 3 aromatic rings. The minimum atomic E-state index is 0.891. The summed E-state index contributed by atoms with van der Waals surface area (Å²) in [5.74, 6) is 0.891. The van der Waals surface area contributed by atoms with Gasteiger partial charge in [-0.1, -0.05) is 93.4 Å². The van der Waals surface area contributed by atoms with Crippen LogP contribution in [-0.2, 0) is 12.8 Å². The first-order chi connectivity index (χ1) is 13.3. The fourth-order valence-electron chi connectivity index (χ4n) is 3.26. The van der Waals surface area contributed by atoms with Crippen LogP contribution in [-0.4, -0.2) is 5.84 Å². The van der Waals surface area contributed by atoms with E-state index in [1.807, 2.05) is 24.3 Å². The fraction of sp³-hybridized carbons (Fsp3) is 0.240. The Kier molecular flexibility index (Phi) is 6.81. The molecule has 0 spiro atoms. The van der Waals surface area contributed by atoms with Gasteiger partial charge in [-0.25, -0.2) is 4.99 Å². The largest absolute Gasteiger partial charge is 0.340 e. The Morgan fingerprint density at radius 3 is 1.81 bits per heavy atom. The first-order valence-corrected chi connectivity index (χ1v) is 9.88. The van der Waals surface area contributed by atoms with E-state index in [1.54, 1.807) is 0 Å². The Hall–Kier alpha value is -2.87. The van der Waals surface area contributed by atoms with Crippen LogP contribution in [0.1, 0.15) is 43.4 Å². The SMILES string of the molecule is CCCc1cccc(CCC)c1/N=C(/Nc1ccccc1)c1ccccc1. The molecule has 0 unspecified atom stereocenters. The van der Waals surface area contributed by atoms with Crippen LogP contribution in [0.4, 0.5) is 11.4 Å². The number of hydrogen-bond donors (Lipinski definition) is 1. The van der Waals surface area contributed by atoms with Crippen molar-refractivity contribution in [2.75, 3.05) is 5.32 Å². The molecule has 0 radical (unpaired) electrons. The Morgan fingerprint density at radius 2 is 1.26 bits per heavy atom. The summed E-state index contributed by atoms with van der Waals surface area (Å²) in [5, 5.41) is 3.53. The standard InChI is InChI=1S/C25H28N2/c1-3-12-20-16-11-17-21(13-4-2)24(20)27-25(22-14-7-5-8-15-22)26-23-18-9-6-10-19-23/h5-11,14-19H,3-4,12-13H2,1-2H3,(H,26,27). The van der Waals surface area contributed by atoms with E-state index in [2.05, 4.69) is 73.8 Å². The molecular formula is C25H28N2. The van der Waals surface area contributed by atoms with Gasteiger partial charge >= 0.3 is 0 Å². The highest BCUT2D eigenvalue weighted by atomic mass is 15.0. The van der Waals surface area contributed by atoms with Crippen molar-refractivity contribution in [2.24, 2.45) is 4.99 Å². The third-order valence-electron chi connectivity index (χ3n) is 4.55. The highest BCUT2D eigenvalue weighted by molar-refractivity contribution is 6.09. The second-order valence-electron chi connectivity index (χ2n) is 6.74. The van der Waals surface area contributed by atoms with Crippen LogP contribution in [0.3, 0.4) is 0 Å². The summed E-state index contributed by atoms with van der Waals surface area (Å²) in [7, 11) is 0. The van der Waals surface area contributed by atoms with Gasteiger partial charge in [0.05, 0.1) is 5.69 Å². The van der Waals surface area contributed by atoms with Gasteiger partial charge in [-0.3, -0.25) is 0 Å².